The number of rotatable bonds is 8. The van der Waals surface area contributed by atoms with Gasteiger partial charge in [-0.05, 0) is 31.9 Å². The zero-order chi connectivity index (χ0) is 21.2. The first-order valence-electron chi connectivity index (χ1n) is 9.97. The van der Waals surface area contributed by atoms with Gasteiger partial charge >= 0.3 is 5.97 Å². The summed E-state index contributed by atoms with van der Waals surface area (Å²) in [6.45, 7) is 1.58. The zero-order valence-electron chi connectivity index (χ0n) is 17.7. The Hall–Kier alpha value is -2.70. The largest absolute Gasteiger partial charge is 0.496 e. The standard InChI is InChI=1S/C22H31NO6/c1-15(22(25)23-17-9-7-5-6-8-10-17)29-21(24)12-11-16-13-19(27-3)20(28-4)14-18(16)26-2/h11-15,17H,5-10H2,1-4H3,(H,23,25)/b12-11+/t15-/m0/s1. The van der Waals surface area contributed by atoms with E-state index in [-0.39, 0.29) is 11.9 Å². The SMILES string of the molecule is COc1cc(OC)c(OC)cc1/C=C/C(=O)O[C@@H](C)C(=O)NC1CCCCCC1. The summed E-state index contributed by atoms with van der Waals surface area (Å²) in [4.78, 5) is 24.5. The number of benzene rings is 1. The molecule has 0 heterocycles. The van der Waals surface area contributed by atoms with Crippen molar-refractivity contribution < 1.29 is 28.5 Å². The van der Waals surface area contributed by atoms with Crippen molar-refractivity contribution in [3.63, 3.8) is 0 Å². The van der Waals surface area contributed by atoms with Crippen molar-refractivity contribution in [3.05, 3.63) is 23.8 Å². The molecule has 160 valence electrons. The molecule has 1 aliphatic rings. The molecule has 0 aromatic heterocycles. The summed E-state index contributed by atoms with van der Waals surface area (Å²) in [5.74, 6) is 0.684. The molecule has 7 nitrogen and oxygen atoms in total. The number of methoxy groups -OCH3 is 3. The van der Waals surface area contributed by atoms with E-state index >= 15 is 0 Å². The van der Waals surface area contributed by atoms with Gasteiger partial charge in [-0.1, -0.05) is 25.7 Å². The van der Waals surface area contributed by atoms with E-state index in [1.807, 2.05) is 0 Å². The molecule has 1 aromatic rings. The number of ether oxygens (including phenoxy) is 4. The minimum Gasteiger partial charge on any atom is -0.496 e. The molecule has 29 heavy (non-hydrogen) atoms. The Labute approximate surface area is 172 Å². The summed E-state index contributed by atoms with van der Waals surface area (Å²) in [5.41, 5.74) is 0.623. The van der Waals surface area contributed by atoms with Crippen molar-refractivity contribution >= 4 is 18.0 Å². The summed E-state index contributed by atoms with van der Waals surface area (Å²) >= 11 is 0. The van der Waals surface area contributed by atoms with Crippen LogP contribution in [0.2, 0.25) is 0 Å². The summed E-state index contributed by atoms with van der Waals surface area (Å²) in [6, 6.07) is 3.54. The van der Waals surface area contributed by atoms with Gasteiger partial charge in [-0.25, -0.2) is 4.79 Å². The maximum absolute atomic E-state index is 12.3. The van der Waals surface area contributed by atoms with Crippen molar-refractivity contribution in [1.29, 1.82) is 0 Å². The van der Waals surface area contributed by atoms with Gasteiger partial charge in [-0.3, -0.25) is 4.79 Å². The fourth-order valence-electron chi connectivity index (χ4n) is 3.35. The van der Waals surface area contributed by atoms with Gasteiger partial charge in [0.1, 0.15) is 5.75 Å². The molecule has 0 bridgehead atoms. The number of hydrogen-bond acceptors (Lipinski definition) is 6. The lowest BCUT2D eigenvalue weighted by Crippen LogP contribution is -2.41. The van der Waals surface area contributed by atoms with Gasteiger partial charge in [0.15, 0.2) is 17.6 Å². The maximum atomic E-state index is 12.3. The predicted octanol–water partition coefficient (Wildman–Crippen LogP) is 3.50. The van der Waals surface area contributed by atoms with Crippen LogP contribution in [-0.4, -0.2) is 45.4 Å². The molecule has 0 saturated heterocycles. The van der Waals surface area contributed by atoms with Crippen LogP contribution in [0.1, 0.15) is 51.0 Å². The van der Waals surface area contributed by atoms with Gasteiger partial charge in [0, 0.05) is 23.7 Å². The van der Waals surface area contributed by atoms with E-state index < -0.39 is 12.1 Å². The van der Waals surface area contributed by atoms with Crippen LogP contribution in [0.4, 0.5) is 0 Å². The average molecular weight is 405 g/mol. The Balaban J connectivity index is 1.96. The molecule has 1 aromatic carbocycles. The summed E-state index contributed by atoms with van der Waals surface area (Å²) < 4.78 is 21.1. The molecule has 1 N–H and O–H groups in total. The molecule has 2 rings (SSSR count). The molecule has 7 heteroatoms. The molecule has 0 aliphatic heterocycles. The van der Waals surface area contributed by atoms with Crippen LogP contribution in [0.25, 0.3) is 6.08 Å². The fourth-order valence-corrected chi connectivity index (χ4v) is 3.35. The Morgan fingerprint density at radius 3 is 2.14 bits per heavy atom. The lowest BCUT2D eigenvalue weighted by Gasteiger charge is -2.19. The van der Waals surface area contributed by atoms with Gasteiger partial charge < -0.3 is 24.3 Å². The molecule has 0 unspecified atom stereocenters. The fraction of sp³-hybridized carbons (Fsp3) is 0.545. The molecule has 1 atom stereocenters. The quantitative estimate of drug-likeness (QED) is 0.405. The predicted molar refractivity (Wildman–Crippen MR) is 110 cm³/mol. The Kier molecular flexibility index (Phi) is 8.83. The molecule has 0 radical (unpaired) electrons. The van der Waals surface area contributed by atoms with Crippen LogP contribution >= 0.6 is 0 Å². The van der Waals surface area contributed by atoms with Crippen LogP contribution in [0.5, 0.6) is 17.2 Å². The van der Waals surface area contributed by atoms with Crippen LogP contribution in [-0.2, 0) is 14.3 Å². The number of carbonyl (C=O) groups excluding carboxylic acids is 2. The third-order valence-corrected chi connectivity index (χ3v) is 5.00. The molecule has 1 fully saturated rings. The number of hydrogen-bond donors (Lipinski definition) is 1. The van der Waals surface area contributed by atoms with E-state index in [9.17, 15) is 9.59 Å². The topological polar surface area (TPSA) is 83.1 Å². The first-order valence-corrected chi connectivity index (χ1v) is 9.97. The second-order valence-electron chi connectivity index (χ2n) is 7.06. The molecular weight excluding hydrogens is 374 g/mol. The van der Waals surface area contributed by atoms with Crippen LogP contribution in [0, 0.1) is 0 Å². The maximum Gasteiger partial charge on any atom is 0.331 e. The molecule has 0 spiro atoms. The van der Waals surface area contributed by atoms with E-state index in [4.69, 9.17) is 18.9 Å². The Bertz CT molecular complexity index is 722. The Morgan fingerprint density at radius 2 is 1.55 bits per heavy atom. The number of amides is 1. The van der Waals surface area contributed by atoms with Gasteiger partial charge in [-0.2, -0.15) is 0 Å². The molecule has 1 saturated carbocycles. The van der Waals surface area contributed by atoms with E-state index in [1.54, 1.807) is 25.1 Å². The van der Waals surface area contributed by atoms with Crippen molar-refractivity contribution in [3.8, 4) is 17.2 Å². The Morgan fingerprint density at radius 1 is 0.966 bits per heavy atom. The zero-order valence-corrected chi connectivity index (χ0v) is 17.7. The van der Waals surface area contributed by atoms with Gasteiger partial charge in [0.25, 0.3) is 5.91 Å². The summed E-state index contributed by atoms with van der Waals surface area (Å²) in [7, 11) is 4.59. The molecule has 1 aliphatic carbocycles. The van der Waals surface area contributed by atoms with Crippen molar-refractivity contribution in [2.75, 3.05) is 21.3 Å². The van der Waals surface area contributed by atoms with Crippen LogP contribution < -0.4 is 19.5 Å². The van der Waals surface area contributed by atoms with E-state index in [0.717, 1.165) is 25.7 Å². The monoisotopic (exact) mass is 405 g/mol. The van der Waals surface area contributed by atoms with Gasteiger partial charge in [0.2, 0.25) is 0 Å². The first kappa shape index (κ1) is 22.6. The highest BCUT2D eigenvalue weighted by Crippen LogP contribution is 2.35. The van der Waals surface area contributed by atoms with Gasteiger partial charge in [0.05, 0.1) is 21.3 Å². The number of esters is 1. The highest BCUT2D eigenvalue weighted by molar-refractivity contribution is 5.91. The van der Waals surface area contributed by atoms with Crippen LogP contribution in [0.15, 0.2) is 18.2 Å². The van der Waals surface area contributed by atoms with Crippen molar-refractivity contribution in [1.82, 2.24) is 5.32 Å². The third-order valence-electron chi connectivity index (χ3n) is 5.00. The lowest BCUT2D eigenvalue weighted by atomic mass is 10.1. The highest BCUT2D eigenvalue weighted by Gasteiger charge is 2.21. The van der Waals surface area contributed by atoms with E-state index in [0.29, 0.717) is 22.8 Å². The van der Waals surface area contributed by atoms with E-state index in [2.05, 4.69) is 5.32 Å². The van der Waals surface area contributed by atoms with Gasteiger partial charge in [-0.15, -0.1) is 0 Å². The minimum absolute atomic E-state index is 0.165. The molecule has 1 amide bonds. The van der Waals surface area contributed by atoms with Crippen LogP contribution in [0.3, 0.4) is 0 Å². The summed E-state index contributed by atoms with van der Waals surface area (Å²) in [5, 5.41) is 2.99. The minimum atomic E-state index is -0.859. The summed E-state index contributed by atoms with van der Waals surface area (Å²) in [6.07, 6.45) is 8.57. The third kappa shape index (κ3) is 6.69. The molecular formula is C22H31NO6. The first-order chi connectivity index (χ1) is 14.0. The highest BCUT2D eigenvalue weighted by atomic mass is 16.5. The number of carbonyl (C=O) groups is 2. The normalized spacial score (nSPS) is 16.0. The lowest BCUT2D eigenvalue weighted by molar-refractivity contribution is -0.150. The smallest absolute Gasteiger partial charge is 0.331 e. The van der Waals surface area contributed by atoms with Crippen molar-refractivity contribution in [2.24, 2.45) is 0 Å². The average Bonchev–Trinajstić information content (AvgIpc) is 2.99. The van der Waals surface area contributed by atoms with Crippen molar-refractivity contribution in [2.45, 2.75) is 57.6 Å². The second kappa shape index (κ2) is 11.3. The van der Waals surface area contributed by atoms with E-state index in [1.165, 1.54) is 40.2 Å². The second-order valence-corrected chi connectivity index (χ2v) is 7.06. The number of nitrogens with one attached hydrogen (secondary N) is 1.